The highest BCUT2D eigenvalue weighted by molar-refractivity contribution is 9.10. The number of nitrogens with two attached hydrogens (primary N) is 2. The van der Waals surface area contributed by atoms with Gasteiger partial charge in [-0.25, -0.2) is 28.7 Å². The zero-order chi connectivity index (χ0) is 61.3. The Bertz CT molecular complexity index is 3530. The van der Waals surface area contributed by atoms with E-state index in [1.54, 1.807) is 59.8 Å². The molecular formula is C60H62BBrCl2F2N10O10. The number of nitrogen functional groups attached to an aromatic ring is 2. The molecule has 0 spiro atoms. The summed E-state index contributed by atoms with van der Waals surface area (Å²) in [5.74, 6) is -0.613. The van der Waals surface area contributed by atoms with Crippen LogP contribution in [0.15, 0.2) is 102 Å². The molecule has 5 aliphatic rings. The molecule has 2 unspecified atom stereocenters. The minimum atomic E-state index is -0.699. The Morgan fingerprint density at radius 2 is 1.10 bits per heavy atom. The Balaban J connectivity index is 0.000000166. The summed E-state index contributed by atoms with van der Waals surface area (Å²) in [6.07, 6.45) is 12.9. The normalized spacial score (nSPS) is 18.2. The number of aromatic nitrogens is 4. The van der Waals surface area contributed by atoms with Crippen LogP contribution in [0, 0.1) is 11.6 Å². The second-order valence-electron chi connectivity index (χ2n) is 21.5. The molecule has 2 atom stereocenters. The Morgan fingerprint density at radius 1 is 0.640 bits per heavy atom. The number of carbonyl (C=O) groups is 4. The number of fused-ring (bicyclic) bond motifs is 2. The lowest BCUT2D eigenvalue weighted by atomic mass is 9.78. The van der Waals surface area contributed by atoms with E-state index in [-0.39, 0.29) is 47.9 Å². The van der Waals surface area contributed by atoms with Crippen LogP contribution < -0.4 is 37.0 Å². The second kappa shape index (κ2) is 27.9. The van der Waals surface area contributed by atoms with E-state index in [1.807, 2.05) is 45.9 Å². The zero-order valence-electron chi connectivity index (χ0n) is 47.4. The molecule has 5 aliphatic heterocycles. The predicted molar refractivity (Wildman–Crippen MR) is 325 cm³/mol. The number of benzene rings is 2. The molecule has 86 heavy (non-hydrogen) atoms. The summed E-state index contributed by atoms with van der Waals surface area (Å²) in [6, 6.07) is 16.8. The molecule has 0 bridgehead atoms. The van der Waals surface area contributed by atoms with Gasteiger partial charge in [0, 0.05) is 91.6 Å². The topological polar surface area (TPSA) is 258 Å². The number of morpholine rings is 2. The maximum Gasteiger partial charge on any atom is 0.494 e. The summed E-state index contributed by atoms with van der Waals surface area (Å²) >= 11 is 16.1. The van der Waals surface area contributed by atoms with Crippen LogP contribution in [0.3, 0.4) is 0 Å². The third kappa shape index (κ3) is 15.9. The van der Waals surface area contributed by atoms with Gasteiger partial charge >= 0.3 is 7.12 Å². The van der Waals surface area contributed by atoms with Gasteiger partial charge in [0.15, 0.2) is 23.0 Å². The zero-order valence-corrected chi connectivity index (χ0v) is 50.5. The predicted octanol–water partition coefficient (Wildman–Crippen LogP) is 7.33. The van der Waals surface area contributed by atoms with Crippen LogP contribution in [0.25, 0.3) is 23.3 Å². The maximum atomic E-state index is 14.9. The highest BCUT2D eigenvalue weighted by atomic mass is 79.9. The Hall–Kier alpha value is -7.58. The van der Waals surface area contributed by atoms with Crippen molar-refractivity contribution in [1.82, 2.24) is 40.4 Å². The smallest absolute Gasteiger partial charge is 0.486 e. The number of hydrogen-bond acceptors (Lipinski definition) is 16. The summed E-state index contributed by atoms with van der Waals surface area (Å²) in [5, 5.41) is 6.56. The average molecular weight is 1280 g/mol. The molecule has 6 aromatic rings. The van der Waals surface area contributed by atoms with E-state index in [0.29, 0.717) is 121 Å². The summed E-state index contributed by atoms with van der Waals surface area (Å²) < 4.78 is 63.5. The Morgan fingerprint density at radius 3 is 1.57 bits per heavy atom. The van der Waals surface area contributed by atoms with Gasteiger partial charge in [0.2, 0.25) is 11.8 Å². The molecule has 11 rings (SSSR count). The highest BCUT2D eigenvalue weighted by Crippen LogP contribution is 2.41. The monoisotopic (exact) mass is 1280 g/mol. The third-order valence-corrected chi connectivity index (χ3v) is 15.7. The number of halogens is 5. The number of carbonyl (C=O) groups excluding carboxylic acids is 4. The molecule has 20 nitrogen and oxygen atoms in total. The first-order chi connectivity index (χ1) is 41.1. The summed E-state index contributed by atoms with van der Waals surface area (Å²) in [6.45, 7) is 12.3. The van der Waals surface area contributed by atoms with Gasteiger partial charge in [-0.05, 0) is 138 Å². The van der Waals surface area contributed by atoms with Crippen molar-refractivity contribution >= 4 is 99.1 Å². The standard InChI is InChI=1S/C27H25ClFN5O4.C23H27BClN3O4.C10H10BrFN2O2/c28-21-11-17(19-12-22(29)25(33-14-19)27(36)34-5-7-37-8-6-34)9-18-10-20(38-26(18)21)15-32-24(35)4-2-16-1-3-23(30)31-13-16;1-22(2)23(3,4)32-24(31-22)16-9-15-10-17(30-21(15)18(25)11-16)13-28-20(29)8-6-14-5-7-19(26)27-12-14;11-7-5-8(12)9(13-6-7)10(15)14-1-3-16-4-2-14/h1-4,9,11-14,20H,5-8,10,15H2,(H2,30,31)(H,32,35);5-9,11-12,17H,10,13H2,1-4H3,(H2,26,27)(H,28,29);5-6H,1-4H2/b4-2+;8-6+;. The lowest BCUT2D eigenvalue weighted by Gasteiger charge is -2.32. The van der Waals surface area contributed by atoms with E-state index in [1.165, 1.54) is 41.6 Å². The first kappa shape index (κ1) is 62.9. The number of rotatable bonds is 12. The first-order valence-corrected chi connectivity index (χ1v) is 29.0. The Labute approximate surface area is 514 Å². The van der Waals surface area contributed by atoms with Crippen LogP contribution in [-0.2, 0) is 41.2 Å². The molecule has 3 fully saturated rings. The molecule has 3 saturated heterocycles. The number of nitrogens with one attached hydrogen (secondary N) is 2. The number of pyridine rings is 4. The van der Waals surface area contributed by atoms with Crippen molar-refractivity contribution in [3.63, 3.8) is 0 Å². The summed E-state index contributed by atoms with van der Waals surface area (Å²) in [7, 11) is -0.491. The van der Waals surface area contributed by atoms with Crippen molar-refractivity contribution in [2.24, 2.45) is 0 Å². The lowest BCUT2D eigenvalue weighted by Crippen LogP contribution is -2.41. The molecule has 26 heteroatoms. The summed E-state index contributed by atoms with van der Waals surface area (Å²) in [5.41, 5.74) is 15.3. The molecule has 6 N–H and O–H groups in total. The van der Waals surface area contributed by atoms with Crippen LogP contribution in [0.5, 0.6) is 11.5 Å². The van der Waals surface area contributed by atoms with E-state index >= 15 is 0 Å². The number of amides is 4. The van der Waals surface area contributed by atoms with E-state index in [0.717, 1.165) is 27.7 Å². The van der Waals surface area contributed by atoms with E-state index in [2.05, 4.69) is 46.5 Å². The van der Waals surface area contributed by atoms with Gasteiger partial charge in [-0.1, -0.05) is 29.3 Å². The van der Waals surface area contributed by atoms with Crippen LogP contribution in [0.2, 0.25) is 10.0 Å². The number of ether oxygens (including phenoxy) is 4. The van der Waals surface area contributed by atoms with Crippen LogP contribution in [-0.4, -0.2) is 150 Å². The molecule has 0 radical (unpaired) electrons. The van der Waals surface area contributed by atoms with Gasteiger partial charge in [0.05, 0.1) is 60.8 Å². The van der Waals surface area contributed by atoms with E-state index in [4.69, 9.17) is 62.9 Å². The van der Waals surface area contributed by atoms with Gasteiger partial charge in [-0.2, -0.15) is 0 Å². The Kier molecular flexibility index (Phi) is 20.4. The third-order valence-electron chi connectivity index (χ3n) is 14.7. The first-order valence-electron chi connectivity index (χ1n) is 27.5. The van der Waals surface area contributed by atoms with Gasteiger partial charge in [0.1, 0.15) is 35.3 Å². The van der Waals surface area contributed by atoms with Gasteiger partial charge < -0.3 is 60.2 Å². The van der Waals surface area contributed by atoms with Crippen molar-refractivity contribution in [2.45, 2.75) is 63.9 Å². The minimum Gasteiger partial charge on any atom is -0.486 e. The number of anilines is 2. The van der Waals surface area contributed by atoms with Gasteiger partial charge in [-0.15, -0.1) is 0 Å². The number of hydrogen-bond donors (Lipinski definition) is 4. The van der Waals surface area contributed by atoms with Crippen molar-refractivity contribution < 1.29 is 56.2 Å². The van der Waals surface area contributed by atoms with Crippen molar-refractivity contribution in [2.75, 3.05) is 77.2 Å². The molecule has 9 heterocycles. The van der Waals surface area contributed by atoms with Gasteiger partial charge in [0.25, 0.3) is 11.8 Å². The maximum absolute atomic E-state index is 14.9. The second-order valence-corrected chi connectivity index (χ2v) is 23.2. The molecule has 4 amide bonds. The van der Waals surface area contributed by atoms with E-state index < -0.39 is 35.9 Å². The number of nitrogens with zero attached hydrogens (tertiary/aromatic N) is 6. The van der Waals surface area contributed by atoms with Crippen LogP contribution in [0.4, 0.5) is 20.4 Å². The SMILES string of the molecule is CC1(C)OB(c2cc(Cl)c3c(c2)CC(CNC(=O)/C=C/c2ccc(N)nc2)O3)OC1(C)C.Nc1ccc(/C=C/C(=O)NCC2Cc3cc(-c4cnc(C(=O)N5CCOCC5)c(F)c4)cc(Cl)c3O2)cn1.O=C(c1ncc(Br)cc1F)N1CCOCC1. The molecule has 450 valence electrons. The van der Waals surface area contributed by atoms with Crippen molar-refractivity contribution in [3.8, 4) is 22.6 Å². The van der Waals surface area contributed by atoms with Crippen molar-refractivity contribution in [3.05, 3.63) is 157 Å². The molecule has 0 aliphatic carbocycles. The lowest BCUT2D eigenvalue weighted by molar-refractivity contribution is -0.117. The summed E-state index contributed by atoms with van der Waals surface area (Å²) in [4.78, 5) is 67.9. The fourth-order valence-electron chi connectivity index (χ4n) is 9.39. The fourth-order valence-corrected chi connectivity index (χ4v) is 10.3. The average Bonchev–Trinajstić information content (AvgIpc) is 1.93. The van der Waals surface area contributed by atoms with Crippen LogP contribution >= 0.6 is 39.1 Å². The van der Waals surface area contributed by atoms with Crippen molar-refractivity contribution in [1.29, 1.82) is 0 Å². The largest absolute Gasteiger partial charge is 0.494 e. The molecule has 0 saturated carbocycles. The van der Waals surface area contributed by atoms with Crippen LogP contribution in [0.1, 0.15) is 70.9 Å². The highest BCUT2D eigenvalue weighted by Gasteiger charge is 2.52. The van der Waals surface area contributed by atoms with Gasteiger partial charge in [-0.3, -0.25) is 19.2 Å². The van der Waals surface area contributed by atoms with E-state index in [9.17, 15) is 28.0 Å². The fraction of sp³-hybridized carbons (Fsp3) is 0.333. The quantitative estimate of drug-likeness (QED) is 0.0691. The minimum absolute atomic E-state index is 0.134. The molecule has 2 aromatic carbocycles. The molecule has 4 aromatic heterocycles. The molecular weight excluding hydrogens is 1220 g/mol.